The van der Waals surface area contributed by atoms with Crippen LogP contribution in [0.5, 0.6) is 0 Å². The zero-order chi connectivity index (χ0) is 19.0. The molecule has 0 amide bonds. The van der Waals surface area contributed by atoms with Gasteiger partial charge < -0.3 is 5.32 Å². The standard InChI is InChI=1S/C22H30N4/c1-8-18(9-2)25-19-12-16(6)23-22-21(24-17(7)26(19)22)20-14(4)10-13(3)11-15(20)5/h10-12,18,25H,8-9H2,1-7H3. The average Bonchev–Trinajstić information content (AvgIpc) is 2.88. The first kappa shape index (κ1) is 18.4. The number of hydrogen-bond acceptors (Lipinski definition) is 3. The van der Waals surface area contributed by atoms with Gasteiger partial charge >= 0.3 is 0 Å². The van der Waals surface area contributed by atoms with Gasteiger partial charge in [-0.3, -0.25) is 4.40 Å². The van der Waals surface area contributed by atoms with Crippen LogP contribution in [-0.4, -0.2) is 20.4 Å². The summed E-state index contributed by atoms with van der Waals surface area (Å²) in [5.41, 5.74) is 7.91. The van der Waals surface area contributed by atoms with E-state index in [1.54, 1.807) is 0 Å². The van der Waals surface area contributed by atoms with E-state index in [9.17, 15) is 0 Å². The third kappa shape index (κ3) is 3.20. The Morgan fingerprint density at radius 2 is 1.54 bits per heavy atom. The molecule has 2 heterocycles. The highest BCUT2D eigenvalue weighted by Crippen LogP contribution is 2.32. The van der Waals surface area contributed by atoms with Crippen LogP contribution in [0.15, 0.2) is 18.2 Å². The molecule has 1 aromatic carbocycles. The summed E-state index contributed by atoms with van der Waals surface area (Å²) >= 11 is 0. The first-order valence-electron chi connectivity index (χ1n) is 9.57. The Hall–Kier alpha value is -2.36. The van der Waals surface area contributed by atoms with Gasteiger partial charge in [-0.2, -0.15) is 0 Å². The number of anilines is 1. The highest BCUT2D eigenvalue weighted by atomic mass is 15.2. The largest absolute Gasteiger partial charge is 0.368 e. The third-order valence-corrected chi connectivity index (χ3v) is 5.14. The number of rotatable bonds is 5. The van der Waals surface area contributed by atoms with Crippen LogP contribution in [-0.2, 0) is 0 Å². The van der Waals surface area contributed by atoms with Crippen molar-refractivity contribution in [1.29, 1.82) is 0 Å². The van der Waals surface area contributed by atoms with Gasteiger partial charge in [-0.25, -0.2) is 9.97 Å². The Labute approximate surface area is 156 Å². The van der Waals surface area contributed by atoms with Gasteiger partial charge in [0.05, 0.1) is 0 Å². The van der Waals surface area contributed by atoms with Crippen molar-refractivity contribution >= 4 is 11.5 Å². The molecule has 0 aliphatic heterocycles. The maximum Gasteiger partial charge on any atom is 0.166 e. The summed E-state index contributed by atoms with van der Waals surface area (Å²) in [5.74, 6) is 2.05. The summed E-state index contributed by atoms with van der Waals surface area (Å²) in [5, 5.41) is 3.69. The number of imidazole rings is 1. The lowest BCUT2D eigenvalue weighted by Crippen LogP contribution is -2.19. The molecule has 4 heteroatoms. The van der Waals surface area contributed by atoms with E-state index in [-0.39, 0.29) is 0 Å². The first-order chi connectivity index (χ1) is 12.3. The predicted molar refractivity (Wildman–Crippen MR) is 110 cm³/mol. The molecule has 0 atom stereocenters. The lowest BCUT2D eigenvalue weighted by atomic mass is 9.97. The second kappa shape index (κ2) is 7.10. The molecule has 3 aromatic rings. The van der Waals surface area contributed by atoms with Crippen molar-refractivity contribution in [2.45, 2.75) is 67.3 Å². The Morgan fingerprint density at radius 1 is 0.923 bits per heavy atom. The van der Waals surface area contributed by atoms with Crippen molar-refractivity contribution in [3.8, 4) is 11.3 Å². The summed E-state index contributed by atoms with van der Waals surface area (Å²) in [4.78, 5) is 9.79. The van der Waals surface area contributed by atoms with E-state index in [0.717, 1.165) is 41.5 Å². The van der Waals surface area contributed by atoms with E-state index in [2.05, 4.69) is 76.4 Å². The van der Waals surface area contributed by atoms with Gasteiger partial charge in [-0.15, -0.1) is 0 Å². The highest BCUT2D eigenvalue weighted by Gasteiger charge is 2.19. The minimum atomic E-state index is 0.452. The van der Waals surface area contributed by atoms with Crippen molar-refractivity contribution in [2.24, 2.45) is 0 Å². The zero-order valence-corrected chi connectivity index (χ0v) is 17.1. The van der Waals surface area contributed by atoms with Crippen LogP contribution in [0.2, 0.25) is 0 Å². The van der Waals surface area contributed by atoms with Crippen molar-refractivity contribution in [2.75, 3.05) is 5.32 Å². The highest BCUT2D eigenvalue weighted by molar-refractivity contribution is 5.80. The molecule has 0 fully saturated rings. The molecule has 0 aliphatic carbocycles. The van der Waals surface area contributed by atoms with E-state index in [1.807, 2.05) is 0 Å². The molecule has 138 valence electrons. The number of fused-ring (bicyclic) bond motifs is 1. The van der Waals surface area contributed by atoms with Crippen LogP contribution < -0.4 is 5.32 Å². The molecular weight excluding hydrogens is 320 g/mol. The Balaban J connectivity index is 2.26. The van der Waals surface area contributed by atoms with Gasteiger partial charge in [-0.1, -0.05) is 31.5 Å². The molecule has 26 heavy (non-hydrogen) atoms. The minimum absolute atomic E-state index is 0.452. The number of benzene rings is 1. The number of hydrogen-bond donors (Lipinski definition) is 1. The lowest BCUT2D eigenvalue weighted by Gasteiger charge is -2.18. The molecule has 4 nitrogen and oxygen atoms in total. The summed E-state index contributed by atoms with van der Waals surface area (Å²) in [6.07, 6.45) is 2.19. The predicted octanol–water partition coefficient (Wildman–Crippen LogP) is 5.54. The van der Waals surface area contributed by atoms with Crippen LogP contribution in [0.3, 0.4) is 0 Å². The molecule has 1 N–H and O–H groups in total. The SMILES string of the molecule is CCC(CC)Nc1cc(C)nc2c(-c3c(C)cc(C)cc3C)nc(C)n12. The van der Waals surface area contributed by atoms with E-state index in [4.69, 9.17) is 9.97 Å². The van der Waals surface area contributed by atoms with Gasteiger partial charge in [0, 0.05) is 23.4 Å². The molecule has 0 saturated heterocycles. The Kier molecular flexibility index (Phi) is 5.03. The molecule has 0 unspecified atom stereocenters. The zero-order valence-electron chi connectivity index (χ0n) is 17.1. The van der Waals surface area contributed by atoms with Crippen LogP contribution in [0.4, 0.5) is 5.82 Å². The molecule has 3 rings (SSSR count). The summed E-state index contributed by atoms with van der Waals surface area (Å²) in [6.45, 7) is 15.0. The van der Waals surface area contributed by atoms with Crippen LogP contribution in [0.1, 0.15) is 54.9 Å². The van der Waals surface area contributed by atoms with Crippen molar-refractivity contribution < 1.29 is 0 Å². The third-order valence-electron chi connectivity index (χ3n) is 5.14. The fourth-order valence-electron chi connectivity index (χ4n) is 3.90. The van der Waals surface area contributed by atoms with Crippen LogP contribution in [0.25, 0.3) is 16.9 Å². The number of nitrogens with one attached hydrogen (secondary N) is 1. The average molecular weight is 351 g/mol. The van der Waals surface area contributed by atoms with Crippen LogP contribution >= 0.6 is 0 Å². The molecule has 0 aliphatic rings. The summed E-state index contributed by atoms with van der Waals surface area (Å²) in [7, 11) is 0. The monoisotopic (exact) mass is 350 g/mol. The van der Waals surface area contributed by atoms with Crippen molar-refractivity contribution in [1.82, 2.24) is 14.4 Å². The van der Waals surface area contributed by atoms with Gasteiger partial charge in [0.2, 0.25) is 0 Å². The van der Waals surface area contributed by atoms with E-state index >= 15 is 0 Å². The summed E-state index contributed by atoms with van der Waals surface area (Å²) in [6, 6.07) is 7.02. The fraction of sp³-hybridized carbons (Fsp3) is 0.455. The number of aryl methyl sites for hydroxylation is 5. The molecule has 0 saturated carbocycles. The molecule has 2 aromatic heterocycles. The van der Waals surface area contributed by atoms with Gasteiger partial charge in [0.1, 0.15) is 17.3 Å². The fourth-order valence-corrected chi connectivity index (χ4v) is 3.90. The Morgan fingerprint density at radius 3 is 2.12 bits per heavy atom. The molecular formula is C22H30N4. The smallest absolute Gasteiger partial charge is 0.166 e. The number of nitrogens with zero attached hydrogens (tertiary/aromatic N) is 3. The topological polar surface area (TPSA) is 42.2 Å². The maximum atomic E-state index is 4.93. The van der Waals surface area contributed by atoms with Gasteiger partial charge in [-0.05, 0) is 58.6 Å². The maximum absolute atomic E-state index is 4.93. The minimum Gasteiger partial charge on any atom is -0.368 e. The second-order valence-corrected chi connectivity index (χ2v) is 7.38. The van der Waals surface area contributed by atoms with E-state index in [1.165, 1.54) is 22.3 Å². The van der Waals surface area contributed by atoms with E-state index in [0.29, 0.717) is 6.04 Å². The van der Waals surface area contributed by atoms with Gasteiger partial charge in [0.15, 0.2) is 5.65 Å². The number of aromatic nitrogens is 3. The molecule has 0 radical (unpaired) electrons. The van der Waals surface area contributed by atoms with Crippen molar-refractivity contribution in [3.05, 3.63) is 46.4 Å². The molecule has 0 bridgehead atoms. The molecule has 0 spiro atoms. The quantitative estimate of drug-likeness (QED) is 0.657. The van der Waals surface area contributed by atoms with Crippen LogP contribution in [0, 0.1) is 34.6 Å². The van der Waals surface area contributed by atoms with Gasteiger partial charge in [0.25, 0.3) is 0 Å². The Bertz CT molecular complexity index is 925. The van der Waals surface area contributed by atoms with E-state index < -0.39 is 0 Å². The lowest BCUT2D eigenvalue weighted by molar-refractivity contribution is 0.666. The van der Waals surface area contributed by atoms with Crippen molar-refractivity contribution in [3.63, 3.8) is 0 Å². The first-order valence-corrected chi connectivity index (χ1v) is 9.57. The summed E-state index contributed by atoms with van der Waals surface area (Å²) < 4.78 is 2.17. The second-order valence-electron chi connectivity index (χ2n) is 7.38. The normalized spacial score (nSPS) is 11.5.